The van der Waals surface area contributed by atoms with Crippen LogP contribution in [0.4, 0.5) is 0 Å². The van der Waals surface area contributed by atoms with Gasteiger partial charge >= 0.3 is 0 Å². The van der Waals surface area contributed by atoms with Crippen LogP contribution in [0.1, 0.15) is 37.4 Å². The normalized spacial score (nSPS) is 22.9. The summed E-state index contributed by atoms with van der Waals surface area (Å²) in [7, 11) is 6.05. The second-order valence-electron chi connectivity index (χ2n) is 6.06. The second-order valence-corrected chi connectivity index (χ2v) is 6.06. The maximum absolute atomic E-state index is 5.37. The number of benzene rings is 1. The summed E-state index contributed by atoms with van der Waals surface area (Å²) in [6.07, 6.45) is 2.36. The van der Waals surface area contributed by atoms with E-state index in [9.17, 15) is 0 Å². The Kier molecular flexibility index (Phi) is 5.06. The molecular formula is C17H28N2O. The molecule has 0 amide bonds. The largest absolute Gasteiger partial charge is 0.497 e. The predicted octanol–water partition coefficient (Wildman–Crippen LogP) is 2.86. The number of fused-ring (bicyclic) bond motifs is 1. The molecule has 1 aliphatic carbocycles. The minimum atomic E-state index is 0.397. The van der Waals surface area contributed by atoms with Gasteiger partial charge in [0.05, 0.1) is 7.11 Å². The maximum Gasteiger partial charge on any atom is 0.119 e. The lowest BCUT2D eigenvalue weighted by molar-refractivity contribution is 0.182. The van der Waals surface area contributed by atoms with E-state index in [-0.39, 0.29) is 0 Å². The molecule has 0 aliphatic heterocycles. The van der Waals surface area contributed by atoms with Crippen molar-refractivity contribution in [1.29, 1.82) is 0 Å². The van der Waals surface area contributed by atoms with Gasteiger partial charge in [-0.15, -0.1) is 0 Å². The summed E-state index contributed by atoms with van der Waals surface area (Å²) in [5.74, 6) is 1.70. The Morgan fingerprint density at radius 1 is 1.45 bits per heavy atom. The van der Waals surface area contributed by atoms with E-state index in [1.54, 1.807) is 7.11 Å². The molecule has 3 unspecified atom stereocenters. The molecule has 0 fully saturated rings. The van der Waals surface area contributed by atoms with E-state index in [1.807, 2.05) is 0 Å². The van der Waals surface area contributed by atoms with Gasteiger partial charge in [-0.25, -0.2) is 0 Å². The third kappa shape index (κ3) is 2.99. The minimum Gasteiger partial charge on any atom is -0.497 e. The van der Waals surface area contributed by atoms with Crippen molar-refractivity contribution in [3.63, 3.8) is 0 Å². The second kappa shape index (κ2) is 6.59. The Balaban J connectivity index is 2.18. The van der Waals surface area contributed by atoms with Gasteiger partial charge in [0, 0.05) is 18.6 Å². The van der Waals surface area contributed by atoms with Crippen molar-refractivity contribution in [1.82, 2.24) is 10.2 Å². The highest BCUT2D eigenvalue weighted by molar-refractivity contribution is 5.42. The fraction of sp³-hybridized carbons (Fsp3) is 0.647. The monoisotopic (exact) mass is 276 g/mol. The van der Waals surface area contributed by atoms with Crippen molar-refractivity contribution in [2.24, 2.45) is 5.92 Å². The number of nitrogens with one attached hydrogen (secondary N) is 1. The van der Waals surface area contributed by atoms with Gasteiger partial charge in [-0.1, -0.05) is 26.3 Å². The molecule has 1 aromatic rings. The first kappa shape index (κ1) is 15.3. The van der Waals surface area contributed by atoms with E-state index in [0.717, 1.165) is 24.6 Å². The number of rotatable bonds is 6. The lowest BCUT2D eigenvalue weighted by Gasteiger charge is -2.31. The molecule has 0 heterocycles. The fourth-order valence-electron chi connectivity index (χ4n) is 3.24. The predicted molar refractivity (Wildman–Crippen MR) is 84.4 cm³/mol. The van der Waals surface area contributed by atoms with Gasteiger partial charge in [-0.2, -0.15) is 0 Å². The van der Waals surface area contributed by atoms with Crippen LogP contribution in [0.15, 0.2) is 18.2 Å². The zero-order valence-corrected chi connectivity index (χ0v) is 13.4. The van der Waals surface area contributed by atoms with E-state index < -0.39 is 0 Å². The van der Waals surface area contributed by atoms with Crippen LogP contribution in [0.3, 0.4) is 0 Å². The Hall–Kier alpha value is -1.06. The minimum absolute atomic E-state index is 0.397. The Morgan fingerprint density at radius 3 is 2.80 bits per heavy atom. The first-order chi connectivity index (χ1) is 9.60. The molecule has 0 saturated carbocycles. The third-order valence-corrected chi connectivity index (χ3v) is 4.68. The molecule has 3 nitrogen and oxygen atoms in total. The fourth-order valence-corrected chi connectivity index (χ4v) is 3.24. The van der Waals surface area contributed by atoms with Gasteiger partial charge in [0.15, 0.2) is 0 Å². The van der Waals surface area contributed by atoms with E-state index >= 15 is 0 Å². The molecule has 1 N–H and O–H groups in total. The number of hydrogen-bond acceptors (Lipinski definition) is 3. The summed E-state index contributed by atoms with van der Waals surface area (Å²) in [6.45, 7) is 5.75. The molecule has 1 aromatic carbocycles. The summed E-state index contributed by atoms with van der Waals surface area (Å²) in [4.78, 5) is 2.52. The van der Waals surface area contributed by atoms with Crippen molar-refractivity contribution in [3.8, 4) is 5.75 Å². The zero-order chi connectivity index (χ0) is 14.7. The molecule has 20 heavy (non-hydrogen) atoms. The highest BCUT2D eigenvalue weighted by atomic mass is 16.5. The average molecular weight is 276 g/mol. The molecule has 0 bridgehead atoms. The van der Waals surface area contributed by atoms with Gasteiger partial charge in [-0.3, -0.25) is 0 Å². The standard InChI is InChI=1S/C17H28N2O/c1-6-12(2)11-19(4)16-9-13-7-8-14(20-5)10-15(13)17(16)18-3/h7-8,10,12,16-18H,6,9,11H2,1-5H3. The topological polar surface area (TPSA) is 24.5 Å². The van der Waals surface area contributed by atoms with Crippen LogP contribution < -0.4 is 10.1 Å². The third-order valence-electron chi connectivity index (χ3n) is 4.68. The van der Waals surface area contributed by atoms with Crippen LogP contribution in [0, 0.1) is 5.92 Å². The lowest BCUT2D eigenvalue weighted by Crippen LogP contribution is -2.41. The summed E-state index contributed by atoms with van der Waals surface area (Å²) in [5.41, 5.74) is 2.85. The van der Waals surface area contributed by atoms with Gasteiger partial charge in [0.25, 0.3) is 0 Å². The highest BCUT2D eigenvalue weighted by Gasteiger charge is 2.34. The summed E-state index contributed by atoms with van der Waals surface area (Å²) >= 11 is 0. The lowest BCUT2D eigenvalue weighted by atomic mass is 10.0. The molecule has 2 rings (SSSR count). The first-order valence-corrected chi connectivity index (χ1v) is 7.65. The van der Waals surface area contributed by atoms with E-state index in [0.29, 0.717) is 12.1 Å². The molecule has 112 valence electrons. The summed E-state index contributed by atoms with van der Waals surface area (Å²) in [5, 5.41) is 3.50. The van der Waals surface area contributed by atoms with Crippen molar-refractivity contribution in [2.75, 3.05) is 27.7 Å². The van der Waals surface area contributed by atoms with Gasteiger partial charge in [-0.05, 0) is 49.7 Å². The average Bonchev–Trinajstić information content (AvgIpc) is 2.84. The number of nitrogens with zero attached hydrogens (tertiary/aromatic N) is 1. The zero-order valence-electron chi connectivity index (χ0n) is 13.4. The summed E-state index contributed by atoms with van der Waals surface area (Å²) < 4.78 is 5.37. The smallest absolute Gasteiger partial charge is 0.119 e. The van der Waals surface area contributed by atoms with Crippen LogP contribution in [-0.4, -0.2) is 38.7 Å². The van der Waals surface area contributed by atoms with Gasteiger partial charge in [0.1, 0.15) is 5.75 Å². The molecule has 0 saturated heterocycles. The van der Waals surface area contributed by atoms with Crippen molar-refractivity contribution in [2.45, 2.75) is 38.8 Å². The number of hydrogen-bond donors (Lipinski definition) is 1. The van der Waals surface area contributed by atoms with Crippen molar-refractivity contribution >= 4 is 0 Å². The van der Waals surface area contributed by atoms with Crippen LogP contribution >= 0.6 is 0 Å². The summed E-state index contributed by atoms with van der Waals surface area (Å²) in [6, 6.07) is 7.41. The molecule has 0 radical (unpaired) electrons. The van der Waals surface area contributed by atoms with Gasteiger partial charge in [0.2, 0.25) is 0 Å². The highest BCUT2D eigenvalue weighted by Crippen LogP contribution is 2.36. The van der Waals surface area contributed by atoms with Crippen LogP contribution in [0.25, 0.3) is 0 Å². The maximum atomic E-state index is 5.37. The molecule has 3 heteroatoms. The number of methoxy groups -OCH3 is 1. The van der Waals surface area contributed by atoms with Crippen LogP contribution in [-0.2, 0) is 6.42 Å². The van der Waals surface area contributed by atoms with Crippen LogP contribution in [0.2, 0.25) is 0 Å². The number of ether oxygens (including phenoxy) is 1. The Bertz CT molecular complexity index is 447. The molecule has 0 aromatic heterocycles. The molecule has 0 spiro atoms. The molecule has 3 atom stereocenters. The van der Waals surface area contributed by atoms with E-state index in [2.05, 4.69) is 56.4 Å². The van der Waals surface area contributed by atoms with Gasteiger partial charge < -0.3 is 15.0 Å². The Morgan fingerprint density at radius 2 is 2.20 bits per heavy atom. The number of likely N-dealkylation sites (N-methyl/N-ethyl adjacent to an activating group) is 2. The first-order valence-electron chi connectivity index (χ1n) is 7.65. The molecule has 1 aliphatic rings. The SMILES string of the molecule is CCC(C)CN(C)C1Cc2ccc(OC)cc2C1NC. The van der Waals surface area contributed by atoms with E-state index in [1.165, 1.54) is 17.5 Å². The van der Waals surface area contributed by atoms with Crippen molar-refractivity contribution in [3.05, 3.63) is 29.3 Å². The Labute approximate surface area is 123 Å². The van der Waals surface area contributed by atoms with Crippen molar-refractivity contribution < 1.29 is 4.74 Å². The van der Waals surface area contributed by atoms with Crippen LogP contribution in [0.5, 0.6) is 5.75 Å². The molecular weight excluding hydrogens is 248 g/mol. The quantitative estimate of drug-likeness (QED) is 0.864. The van der Waals surface area contributed by atoms with E-state index in [4.69, 9.17) is 4.74 Å².